The van der Waals surface area contributed by atoms with Gasteiger partial charge in [0.1, 0.15) is 5.75 Å². The van der Waals surface area contributed by atoms with Crippen LogP contribution in [0.25, 0.3) is 22.3 Å². The van der Waals surface area contributed by atoms with Gasteiger partial charge in [0.25, 0.3) is 0 Å². The highest BCUT2D eigenvalue weighted by Gasteiger charge is 2.15. The lowest BCUT2D eigenvalue weighted by Crippen LogP contribution is -2.00. The summed E-state index contributed by atoms with van der Waals surface area (Å²) in [6.45, 7) is 4.26. The van der Waals surface area contributed by atoms with Gasteiger partial charge >= 0.3 is 0 Å². The zero-order valence-electron chi connectivity index (χ0n) is 12.8. The van der Waals surface area contributed by atoms with Gasteiger partial charge in [-0.2, -0.15) is 0 Å². The van der Waals surface area contributed by atoms with E-state index in [0.717, 1.165) is 22.2 Å². The van der Waals surface area contributed by atoms with Crippen LogP contribution in [0.5, 0.6) is 5.75 Å². The summed E-state index contributed by atoms with van der Waals surface area (Å²) in [6, 6.07) is 13.7. The van der Waals surface area contributed by atoms with E-state index < -0.39 is 0 Å². The number of hydrogen-bond acceptors (Lipinski definition) is 3. The van der Waals surface area contributed by atoms with Crippen LogP contribution in [0.4, 0.5) is 0 Å². The van der Waals surface area contributed by atoms with Crippen LogP contribution in [0.2, 0.25) is 5.02 Å². The van der Waals surface area contributed by atoms with Crippen molar-refractivity contribution in [2.45, 2.75) is 19.8 Å². The Kier molecular flexibility index (Phi) is 3.99. The molecule has 1 heterocycles. The Labute approximate surface area is 134 Å². The minimum atomic E-state index is 0.302. The lowest BCUT2D eigenvalue weighted by Gasteiger charge is -2.13. The van der Waals surface area contributed by atoms with E-state index in [2.05, 4.69) is 24.9 Å². The highest BCUT2D eigenvalue weighted by atomic mass is 35.5. The van der Waals surface area contributed by atoms with Crippen LogP contribution in [0.3, 0.4) is 0 Å². The number of para-hydroxylation sites is 1. The van der Waals surface area contributed by atoms with Crippen molar-refractivity contribution in [1.29, 1.82) is 0 Å². The number of rotatable bonds is 3. The van der Waals surface area contributed by atoms with Crippen LogP contribution in [0, 0.1) is 0 Å². The highest BCUT2D eigenvalue weighted by Crippen LogP contribution is 2.35. The quantitative estimate of drug-likeness (QED) is 0.676. The van der Waals surface area contributed by atoms with Gasteiger partial charge in [0.15, 0.2) is 5.82 Å². The van der Waals surface area contributed by atoms with E-state index in [9.17, 15) is 0 Å². The van der Waals surface area contributed by atoms with E-state index in [0.29, 0.717) is 22.5 Å². The summed E-state index contributed by atoms with van der Waals surface area (Å²) in [5.74, 6) is 1.56. The van der Waals surface area contributed by atoms with Gasteiger partial charge in [0.2, 0.25) is 0 Å². The van der Waals surface area contributed by atoms with Crippen LogP contribution in [0.1, 0.15) is 25.5 Å². The molecule has 0 aliphatic heterocycles. The summed E-state index contributed by atoms with van der Waals surface area (Å²) in [7, 11) is 1.60. The number of aromatic nitrogens is 2. The number of fused-ring (bicyclic) bond motifs is 1. The second-order valence-electron chi connectivity index (χ2n) is 5.43. The van der Waals surface area contributed by atoms with Crippen LogP contribution >= 0.6 is 11.6 Å². The summed E-state index contributed by atoms with van der Waals surface area (Å²) in [5, 5.41) is 1.62. The molecule has 0 unspecified atom stereocenters. The van der Waals surface area contributed by atoms with E-state index >= 15 is 0 Å². The topological polar surface area (TPSA) is 35.0 Å². The third-order valence-electron chi connectivity index (χ3n) is 3.60. The number of ether oxygens (including phenoxy) is 1. The number of methoxy groups -OCH3 is 1. The molecule has 0 N–H and O–H groups in total. The molecule has 1 aromatic heterocycles. The van der Waals surface area contributed by atoms with E-state index in [1.165, 1.54) is 0 Å². The van der Waals surface area contributed by atoms with Crippen LogP contribution < -0.4 is 4.74 Å². The number of nitrogens with zero attached hydrogens (tertiary/aromatic N) is 2. The monoisotopic (exact) mass is 312 g/mol. The first-order chi connectivity index (χ1) is 10.6. The number of benzene rings is 2. The van der Waals surface area contributed by atoms with Crippen molar-refractivity contribution in [2.24, 2.45) is 0 Å². The zero-order chi connectivity index (χ0) is 15.7. The Balaban J connectivity index is 2.28. The maximum atomic E-state index is 6.42. The van der Waals surface area contributed by atoms with E-state index in [1.807, 2.05) is 36.4 Å². The Morgan fingerprint density at radius 2 is 1.77 bits per heavy atom. The van der Waals surface area contributed by atoms with E-state index in [-0.39, 0.29) is 0 Å². The predicted octanol–water partition coefficient (Wildman–Crippen LogP) is 5.08. The fourth-order valence-electron chi connectivity index (χ4n) is 2.50. The molecule has 0 atom stereocenters. The SMILES string of the molecule is COc1cccc(-c2nc(C(C)C)c3ccccc3n2)c1Cl. The van der Waals surface area contributed by atoms with Crippen molar-refractivity contribution in [2.75, 3.05) is 7.11 Å². The van der Waals surface area contributed by atoms with Gasteiger partial charge < -0.3 is 4.74 Å². The lowest BCUT2D eigenvalue weighted by atomic mass is 10.0. The molecular formula is C18H17ClN2O. The Morgan fingerprint density at radius 3 is 2.50 bits per heavy atom. The second kappa shape index (κ2) is 5.93. The second-order valence-corrected chi connectivity index (χ2v) is 5.80. The number of halogens is 1. The summed E-state index contributed by atoms with van der Waals surface area (Å²) in [4.78, 5) is 9.43. The standard InChI is InChI=1S/C18H17ClN2O/c1-11(2)17-12-7-4-5-9-14(12)20-18(21-17)13-8-6-10-15(22-3)16(13)19/h4-11H,1-3H3. The maximum absolute atomic E-state index is 6.42. The molecule has 0 saturated carbocycles. The third-order valence-corrected chi connectivity index (χ3v) is 3.99. The molecule has 0 saturated heterocycles. The van der Waals surface area contributed by atoms with E-state index in [4.69, 9.17) is 21.3 Å². The van der Waals surface area contributed by atoms with Crippen molar-refractivity contribution in [3.05, 3.63) is 53.2 Å². The van der Waals surface area contributed by atoms with Crippen LogP contribution in [-0.2, 0) is 0 Å². The van der Waals surface area contributed by atoms with Crippen LogP contribution in [0.15, 0.2) is 42.5 Å². The molecule has 0 bridgehead atoms. The minimum Gasteiger partial charge on any atom is -0.495 e. The Bertz CT molecular complexity index is 830. The van der Waals surface area contributed by atoms with Gasteiger partial charge in [-0.1, -0.05) is 49.7 Å². The van der Waals surface area contributed by atoms with Gasteiger partial charge in [-0.15, -0.1) is 0 Å². The molecule has 2 aromatic carbocycles. The third kappa shape index (κ3) is 2.53. The van der Waals surface area contributed by atoms with Gasteiger partial charge in [0.05, 0.1) is 23.3 Å². The molecule has 3 rings (SSSR count). The first kappa shape index (κ1) is 14.8. The van der Waals surface area contributed by atoms with Crippen molar-refractivity contribution in [3.8, 4) is 17.1 Å². The zero-order valence-corrected chi connectivity index (χ0v) is 13.6. The summed E-state index contributed by atoms with van der Waals surface area (Å²) in [5.41, 5.74) is 2.74. The van der Waals surface area contributed by atoms with Gasteiger partial charge in [-0.05, 0) is 24.1 Å². The lowest BCUT2D eigenvalue weighted by molar-refractivity contribution is 0.415. The molecule has 0 aliphatic carbocycles. The molecule has 0 aliphatic rings. The average molecular weight is 313 g/mol. The summed E-state index contributed by atoms with van der Waals surface area (Å²) < 4.78 is 5.28. The van der Waals surface area contributed by atoms with Gasteiger partial charge in [-0.25, -0.2) is 9.97 Å². The molecule has 0 amide bonds. The first-order valence-corrected chi connectivity index (χ1v) is 7.59. The summed E-state index contributed by atoms with van der Waals surface area (Å²) >= 11 is 6.42. The molecular weight excluding hydrogens is 296 g/mol. The molecule has 3 aromatic rings. The average Bonchev–Trinajstić information content (AvgIpc) is 2.54. The smallest absolute Gasteiger partial charge is 0.161 e. The molecule has 0 spiro atoms. The molecule has 4 heteroatoms. The normalized spacial score (nSPS) is 11.1. The number of hydrogen-bond donors (Lipinski definition) is 0. The largest absolute Gasteiger partial charge is 0.495 e. The van der Waals surface area contributed by atoms with Gasteiger partial charge in [0, 0.05) is 10.9 Å². The first-order valence-electron chi connectivity index (χ1n) is 7.21. The van der Waals surface area contributed by atoms with Crippen molar-refractivity contribution >= 4 is 22.5 Å². The predicted molar refractivity (Wildman–Crippen MR) is 90.6 cm³/mol. The summed E-state index contributed by atoms with van der Waals surface area (Å²) in [6.07, 6.45) is 0. The molecule has 0 fully saturated rings. The maximum Gasteiger partial charge on any atom is 0.161 e. The fourth-order valence-corrected chi connectivity index (χ4v) is 2.79. The Hall–Kier alpha value is -2.13. The van der Waals surface area contributed by atoms with Crippen molar-refractivity contribution in [1.82, 2.24) is 9.97 Å². The fraction of sp³-hybridized carbons (Fsp3) is 0.222. The molecule has 112 valence electrons. The highest BCUT2D eigenvalue weighted by molar-refractivity contribution is 6.34. The molecule has 22 heavy (non-hydrogen) atoms. The Morgan fingerprint density at radius 1 is 1.00 bits per heavy atom. The minimum absolute atomic E-state index is 0.302. The molecule has 0 radical (unpaired) electrons. The van der Waals surface area contributed by atoms with E-state index in [1.54, 1.807) is 7.11 Å². The van der Waals surface area contributed by atoms with Crippen LogP contribution in [-0.4, -0.2) is 17.1 Å². The van der Waals surface area contributed by atoms with Crippen molar-refractivity contribution < 1.29 is 4.74 Å². The van der Waals surface area contributed by atoms with Gasteiger partial charge in [-0.3, -0.25) is 0 Å². The molecule has 3 nitrogen and oxygen atoms in total. The van der Waals surface area contributed by atoms with Crippen molar-refractivity contribution in [3.63, 3.8) is 0 Å².